The summed E-state index contributed by atoms with van der Waals surface area (Å²) in [5.74, 6) is 0. The Morgan fingerprint density at radius 2 is 1.97 bits per heavy atom. The second kappa shape index (κ2) is 8.30. The number of nitro benzene ring substituents is 1. The van der Waals surface area contributed by atoms with Crippen LogP contribution in [0.4, 0.5) is 16.2 Å². The molecule has 0 spiro atoms. The van der Waals surface area contributed by atoms with Gasteiger partial charge in [-0.25, -0.2) is 14.6 Å². The lowest BCUT2D eigenvalue weighted by molar-refractivity contribution is -0.384. The van der Waals surface area contributed by atoms with Crippen LogP contribution in [0.15, 0.2) is 62.8 Å². The molecule has 2 heterocycles. The zero-order valence-electron chi connectivity index (χ0n) is 16.7. The number of non-ortho nitro benzene ring substituents is 1. The van der Waals surface area contributed by atoms with Crippen LogP contribution < -0.4 is 16.5 Å². The number of ether oxygens (including phenoxy) is 1. The molecule has 0 unspecified atom stereocenters. The van der Waals surface area contributed by atoms with E-state index in [9.17, 15) is 24.5 Å². The molecule has 2 aromatic heterocycles. The van der Waals surface area contributed by atoms with E-state index in [1.165, 1.54) is 41.2 Å². The van der Waals surface area contributed by atoms with Crippen molar-refractivity contribution in [3.8, 4) is 0 Å². The highest BCUT2D eigenvalue weighted by Gasteiger charge is 2.13. The van der Waals surface area contributed by atoms with Crippen molar-refractivity contribution in [2.24, 2.45) is 0 Å². The second-order valence-corrected chi connectivity index (χ2v) is 6.78. The molecule has 11 nitrogen and oxygen atoms in total. The molecule has 1 N–H and O–H groups in total. The molecular weight excluding hydrogens is 420 g/mol. The lowest BCUT2D eigenvalue weighted by Gasteiger charge is -2.10. The summed E-state index contributed by atoms with van der Waals surface area (Å²) in [6, 6.07) is 9.84. The lowest BCUT2D eigenvalue weighted by atomic mass is 10.1. The summed E-state index contributed by atoms with van der Waals surface area (Å²) in [6.45, 7) is 1.90. The molecule has 32 heavy (non-hydrogen) atoms. The van der Waals surface area contributed by atoms with E-state index in [-0.39, 0.29) is 35.3 Å². The van der Waals surface area contributed by atoms with Crippen LogP contribution in [0.25, 0.3) is 21.9 Å². The van der Waals surface area contributed by atoms with Crippen molar-refractivity contribution >= 4 is 39.3 Å². The van der Waals surface area contributed by atoms with Gasteiger partial charge in [0.2, 0.25) is 0 Å². The topological polar surface area (TPSA) is 147 Å². The molecule has 4 rings (SSSR count). The Morgan fingerprint density at radius 1 is 1.19 bits per heavy atom. The number of anilines is 1. The van der Waals surface area contributed by atoms with E-state index in [1.54, 1.807) is 19.1 Å². The number of hydrogen-bond acceptors (Lipinski definition) is 8. The van der Waals surface area contributed by atoms with Crippen molar-refractivity contribution in [2.75, 3.05) is 11.9 Å². The van der Waals surface area contributed by atoms with Crippen molar-refractivity contribution in [1.29, 1.82) is 0 Å². The number of aromatic nitrogens is 2. The van der Waals surface area contributed by atoms with Gasteiger partial charge >= 0.3 is 11.7 Å². The Balaban J connectivity index is 1.73. The normalized spacial score (nSPS) is 10.9. The third-order valence-corrected chi connectivity index (χ3v) is 4.71. The van der Waals surface area contributed by atoms with Gasteiger partial charge in [-0.1, -0.05) is 0 Å². The zero-order valence-corrected chi connectivity index (χ0v) is 16.7. The first-order valence-electron chi connectivity index (χ1n) is 9.50. The van der Waals surface area contributed by atoms with Crippen LogP contribution in [0.2, 0.25) is 0 Å². The van der Waals surface area contributed by atoms with Crippen LogP contribution in [-0.4, -0.2) is 27.2 Å². The van der Waals surface area contributed by atoms with Crippen LogP contribution in [0.1, 0.15) is 12.5 Å². The molecule has 162 valence electrons. The van der Waals surface area contributed by atoms with E-state index < -0.39 is 22.2 Å². The van der Waals surface area contributed by atoms with E-state index in [0.717, 1.165) is 0 Å². The number of benzene rings is 2. The summed E-state index contributed by atoms with van der Waals surface area (Å²) in [6.07, 6.45) is 0.630. The molecule has 0 aliphatic carbocycles. The summed E-state index contributed by atoms with van der Waals surface area (Å²) in [7, 11) is 0. The first kappa shape index (κ1) is 20.7. The number of fused-ring (bicyclic) bond motifs is 2. The number of rotatable bonds is 5. The van der Waals surface area contributed by atoms with Crippen molar-refractivity contribution in [3.63, 3.8) is 0 Å². The molecule has 0 bridgehead atoms. The first-order valence-corrected chi connectivity index (χ1v) is 9.50. The summed E-state index contributed by atoms with van der Waals surface area (Å²) in [4.78, 5) is 51.1. The fraction of sp³-hybridized carbons (Fsp3) is 0.143. The predicted molar refractivity (Wildman–Crippen MR) is 115 cm³/mol. The van der Waals surface area contributed by atoms with Gasteiger partial charge in [-0.15, -0.1) is 0 Å². The molecule has 4 aromatic rings. The third-order valence-electron chi connectivity index (χ3n) is 4.71. The maximum atomic E-state index is 12.9. The number of nitrogens with one attached hydrogen (secondary N) is 1. The molecule has 1 amide bonds. The Labute approximate surface area is 179 Å². The van der Waals surface area contributed by atoms with E-state index in [1.807, 2.05) is 0 Å². The molecular formula is C21H16N4O7. The SMILES string of the molecule is CCOC(=O)Nc1ccc2c(Cn3cnc4cc([N+](=O)[O-])ccc4c3=O)cc(=O)oc2c1. The van der Waals surface area contributed by atoms with Crippen molar-refractivity contribution in [2.45, 2.75) is 13.5 Å². The summed E-state index contributed by atoms with van der Waals surface area (Å²) >= 11 is 0. The monoisotopic (exact) mass is 436 g/mol. The molecule has 0 aliphatic rings. The van der Waals surface area contributed by atoms with Gasteiger partial charge in [0, 0.05) is 35.3 Å². The summed E-state index contributed by atoms with van der Waals surface area (Å²) < 4.78 is 11.4. The van der Waals surface area contributed by atoms with Crippen LogP contribution in [-0.2, 0) is 11.3 Å². The lowest BCUT2D eigenvalue weighted by Crippen LogP contribution is -2.22. The van der Waals surface area contributed by atoms with Gasteiger partial charge in [0.1, 0.15) is 5.58 Å². The average Bonchev–Trinajstić information content (AvgIpc) is 2.75. The van der Waals surface area contributed by atoms with Gasteiger partial charge in [0.25, 0.3) is 11.2 Å². The second-order valence-electron chi connectivity index (χ2n) is 6.78. The Morgan fingerprint density at radius 3 is 2.72 bits per heavy atom. The average molecular weight is 436 g/mol. The fourth-order valence-corrected chi connectivity index (χ4v) is 3.28. The molecule has 0 saturated heterocycles. The number of nitro groups is 1. The first-order chi connectivity index (χ1) is 15.4. The Bertz CT molecular complexity index is 1490. The van der Waals surface area contributed by atoms with Crippen LogP contribution in [0, 0.1) is 10.1 Å². The molecule has 0 saturated carbocycles. The van der Waals surface area contributed by atoms with Crippen molar-refractivity contribution in [1.82, 2.24) is 9.55 Å². The molecule has 2 aromatic carbocycles. The van der Waals surface area contributed by atoms with Crippen molar-refractivity contribution in [3.05, 3.63) is 85.2 Å². The quantitative estimate of drug-likeness (QED) is 0.285. The predicted octanol–water partition coefficient (Wildman–Crippen LogP) is 3.03. The highest BCUT2D eigenvalue weighted by Crippen LogP contribution is 2.22. The number of amides is 1. The number of carbonyl (C=O) groups excluding carboxylic acids is 1. The fourth-order valence-electron chi connectivity index (χ4n) is 3.28. The number of carbonyl (C=O) groups is 1. The maximum Gasteiger partial charge on any atom is 0.411 e. The minimum atomic E-state index is -0.639. The maximum absolute atomic E-state index is 12.9. The minimum absolute atomic E-state index is 0.0194. The van der Waals surface area contributed by atoms with E-state index >= 15 is 0 Å². The van der Waals surface area contributed by atoms with Gasteiger partial charge in [-0.2, -0.15) is 0 Å². The van der Waals surface area contributed by atoms with Gasteiger partial charge < -0.3 is 9.15 Å². The molecule has 11 heteroatoms. The minimum Gasteiger partial charge on any atom is -0.450 e. The van der Waals surface area contributed by atoms with E-state index in [0.29, 0.717) is 16.6 Å². The van der Waals surface area contributed by atoms with E-state index in [4.69, 9.17) is 9.15 Å². The molecule has 0 fully saturated rings. The Hall–Kier alpha value is -4.54. The van der Waals surface area contributed by atoms with E-state index in [2.05, 4.69) is 10.3 Å². The van der Waals surface area contributed by atoms with Crippen LogP contribution in [0.3, 0.4) is 0 Å². The standard InChI is InChI=1S/C21H16N4O7/c1-2-31-21(28)23-13-3-5-15-12(7-19(26)32-18(15)8-13)10-24-11-22-17-9-14(25(29)30)4-6-16(17)20(24)27/h3-9,11H,2,10H2,1H3,(H,23,28). The third kappa shape index (κ3) is 4.03. The zero-order chi connectivity index (χ0) is 22.8. The van der Waals surface area contributed by atoms with Gasteiger partial charge in [-0.3, -0.25) is 24.8 Å². The van der Waals surface area contributed by atoms with Crippen molar-refractivity contribution < 1.29 is 18.9 Å². The van der Waals surface area contributed by atoms with Crippen LogP contribution in [0.5, 0.6) is 0 Å². The Kier molecular flexibility index (Phi) is 5.37. The van der Waals surface area contributed by atoms with Gasteiger partial charge in [0.05, 0.1) is 35.3 Å². The highest BCUT2D eigenvalue weighted by molar-refractivity contribution is 5.90. The smallest absolute Gasteiger partial charge is 0.411 e. The number of hydrogen-bond donors (Lipinski definition) is 1. The molecule has 0 radical (unpaired) electrons. The highest BCUT2D eigenvalue weighted by atomic mass is 16.6. The summed E-state index contributed by atoms with van der Waals surface area (Å²) in [5, 5.41) is 14.2. The molecule has 0 atom stereocenters. The molecule has 0 aliphatic heterocycles. The largest absolute Gasteiger partial charge is 0.450 e. The summed E-state index contributed by atoms with van der Waals surface area (Å²) in [5.41, 5.74) is 0.101. The van der Waals surface area contributed by atoms with Gasteiger partial charge in [0.15, 0.2) is 0 Å². The number of nitrogens with zero attached hydrogens (tertiary/aromatic N) is 3. The van der Waals surface area contributed by atoms with Gasteiger partial charge in [-0.05, 0) is 30.7 Å². The van der Waals surface area contributed by atoms with Crippen LogP contribution >= 0.6 is 0 Å².